The second kappa shape index (κ2) is 3.71. The fourth-order valence-electron chi connectivity index (χ4n) is 1.61. The lowest BCUT2D eigenvalue weighted by atomic mass is 10.0. The third-order valence-electron chi connectivity index (χ3n) is 2.33. The van der Waals surface area contributed by atoms with Crippen molar-refractivity contribution in [3.8, 4) is 0 Å². The van der Waals surface area contributed by atoms with Crippen molar-refractivity contribution >= 4 is 35.5 Å². The number of nitrogen functional groups attached to an aromatic ring is 2. The number of nitrogens with one attached hydrogen (secondary N) is 1. The summed E-state index contributed by atoms with van der Waals surface area (Å²) in [5, 5.41) is 13.4. The van der Waals surface area contributed by atoms with E-state index < -0.39 is 0 Å². The van der Waals surface area contributed by atoms with E-state index in [1.807, 2.05) is 30.3 Å². The summed E-state index contributed by atoms with van der Waals surface area (Å²) in [5.74, 6) is 0. The molecule has 5 heteroatoms. The molecular formula is C10H11BN3O. The Morgan fingerprint density at radius 3 is 2.67 bits per heavy atom. The fraction of sp³-hybridized carbons (Fsp3) is 0. The van der Waals surface area contributed by atoms with Crippen LogP contribution in [0, 0.1) is 0 Å². The molecule has 0 bridgehead atoms. The minimum absolute atomic E-state index is 0.444. The molecule has 0 saturated carbocycles. The van der Waals surface area contributed by atoms with Crippen LogP contribution in [0.2, 0.25) is 0 Å². The Balaban J connectivity index is 2.77. The molecule has 0 atom stereocenters. The Morgan fingerprint density at radius 2 is 1.93 bits per heavy atom. The van der Waals surface area contributed by atoms with Gasteiger partial charge < -0.3 is 21.7 Å². The lowest BCUT2D eigenvalue weighted by Crippen LogP contribution is -2.09. The highest BCUT2D eigenvalue weighted by atomic mass is 16.2. The van der Waals surface area contributed by atoms with Gasteiger partial charge in [0.1, 0.15) is 0 Å². The van der Waals surface area contributed by atoms with Gasteiger partial charge in [-0.05, 0) is 11.5 Å². The highest BCUT2D eigenvalue weighted by Gasteiger charge is 2.08. The molecule has 2 rings (SSSR count). The first-order valence-electron chi connectivity index (χ1n) is 4.53. The van der Waals surface area contributed by atoms with Crippen molar-refractivity contribution in [3.63, 3.8) is 0 Å². The highest BCUT2D eigenvalue weighted by molar-refractivity contribution is 6.33. The molecule has 1 radical (unpaired) electrons. The molecule has 4 nitrogen and oxygen atoms in total. The zero-order valence-corrected chi connectivity index (χ0v) is 8.07. The maximum absolute atomic E-state index is 8.76. The van der Waals surface area contributed by atoms with Gasteiger partial charge in [-0.2, -0.15) is 0 Å². The molecule has 0 unspecified atom stereocenters. The van der Waals surface area contributed by atoms with Crippen LogP contribution in [0.1, 0.15) is 0 Å². The molecule has 2 aromatic rings. The summed E-state index contributed by atoms with van der Waals surface area (Å²) in [7, 11) is 0.845. The van der Waals surface area contributed by atoms with Crippen molar-refractivity contribution in [3.05, 3.63) is 30.3 Å². The van der Waals surface area contributed by atoms with Crippen molar-refractivity contribution in [1.82, 2.24) is 0 Å². The maximum Gasteiger partial charge on any atom is 0.433 e. The quantitative estimate of drug-likeness (QED) is 0.429. The van der Waals surface area contributed by atoms with E-state index in [-0.39, 0.29) is 0 Å². The molecule has 0 fully saturated rings. The van der Waals surface area contributed by atoms with Crippen molar-refractivity contribution in [1.29, 1.82) is 0 Å². The summed E-state index contributed by atoms with van der Waals surface area (Å²) in [6.45, 7) is 0. The average Bonchev–Trinajstić information content (AvgIpc) is 2.25. The van der Waals surface area contributed by atoms with E-state index in [1.54, 1.807) is 0 Å². The van der Waals surface area contributed by atoms with Crippen LogP contribution in [0.4, 0.5) is 17.1 Å². The second-order valence-corrected chi connectivity index (χ2v) is 3.25. The Labute approximate surface area is 88.2 Å². The molecule has 75 valence electrons. The summed E-state index contributed by atoms with van der Waals surface area (Å²) in [4.78, 5) is 0. The van der Waals surface area contributed by atoms with E-state index in [1.165, 1.54) is 0 Å². The zero-order chi connectivity index (χ0) is 10.8. The van der Waals surface area contributed by atoms with Crippen LogP contribution in [0.5, 0.6) is 0 Å². The third kappa shape index (κ3) is 1.57. The lowest BCUT2D eigenvalue weighted by molar-refractivity contribution is 0.609. The molecule has 0 amide bonds. The molecule has 0 aromatic heterocycles. The third-order valence-corrected chi connectivity index (χ3v) is 2.33. The Kier molecular flexibility index (Phi) is 2.39. The van der Waals surface area contributed by atoms with E-state index in [0.29, 0.717) is 17.1 Å². The number of rotatable bonds is 2. The van der Waals surface area contributed by atoms with Gasteiger partial charge in [-0.1, -0.05) is 24.3 Å². The first-order chi connectivity index (χ1) is 7.24. The van der Waals surface area contributed by atoms with Gasteiger partial charge >= 0.3 is 7.62 Å². The second-order valence-electron chi connectivity index (χ2n) is 3.25. The summed E-state index contributed by atoms with van der Waals surface area (Å²) in [6, 6.07) is 9.49. The van der Waals surface area contributed by atoms with Gasteiger partial charge in [0.15, 0.2) is 0 Å². The molecule has 0 aliphatic rings. The molecular weight excluding hydrogens is 189 g/mol. The van der Waals surface area contributed by atoms with Crippen LogP contribution in [0.15, 0.2) is 30.3 Å². The average molecular weight is 200 g/mol. The lowest BCUT2D eigenvalue weighted by Gasteiger charge is -2.12. The fourth-order valence-corrected chi connectivity index (χ4v) is 1.61. The number of hydrogen-bond donors (Lipinski definition) is 4. The normalized spacial score (nSPS) is 10.2. The van der Waals surface area contributed by atoms with Crippen LogP contribution in [-0.2, 0) is 0 Å². The van der Waals surface area contributed by atoms with Crippen LogP contribution in [-0.4, -0.2) is 12.6 Å². The minimum Gasteiger partial charge on any atom is -0.435 e. The van der Waals surface area contributed by atoms with E-state index in [4.69, 9.17) is 16.5 Å². The number of hydrogen-bond acceptors (Lipinski definition) is 4. The number of benzene rings is 2. The molecule has 0 aliphatic carbocycles. The summed E-state index contributed by atoms with van der Waals surface area (Å²) < 4.78 is 0. The number of nitrogens with two attached hydrogens (primary N) is 2. The Hall–Kier alpha value is -1.88. The van der Waals surface area contributed by atoms with Gasteiger partial charge in [-0.25, -0.2) is 0 Å². The van der Waals surface area contributed by atoms with Gasteiger partial charge in [0.2, 0.25) is 0 Å². The number of anilines is 3. The Bertz CT molecular complexity index is 501. The smallest absolute Gasteiger partial charge is 0.433 e. The molecule has 15 heavy (non-hydrogen) atoms. The Morgan fingerprint density at radius 1 is 1.20 bits per heavy atom. The van der Waals surface area contributed by atoms with Gasteiger partial charge in [0.05, 0.1) is 17.1 Å². The van der Waals surface area contributed by atoms with Crippen LogP contribution in [0.25, 0.3) is 10.8 Å². The summed E-state index contributed by atoms with van der Waals surface area (Å²) >= 11 is 0. The molecule has 6 N–H and O–H groups in total. The first kappa shape index (κ1) is 9.67. The standard InChI is InChI=1S/C10H11BN3O/c12-8-5-6-3-1-2-4-7(6)10(9(8)13)14-11-15/h1-5,14-15H,12-13H2. The summed E-state index contributed by atoms with van der Waals surface area (Å²) in [6.07, 6.45) is 0. The van der Waals surface area contributed by atoms with Gasteiger partial charge in [0.25, 0.3) is 0 Å². The first-order valence-corrected chi connectivity index (χ1v) is 4.53. The maximum atomic E-state index is 8.76. The molecule has 0 heterocycles. The minimum atomic E-state index is 0.444. The predicted molar refractivity (Wildman–Crippen MR) is 64.4 cm³/mol. The van der Waals surface area contributed by atoms with Crippen molar-refractivity contribution < 1.29 is 5.02 Å². The van der Waals surface area contributed by atoms with Crippen LogP contribution < -0.4 is 16.7 Å². The molecule has 0 aliphatic heterocycles. The summed E-state index contributed by atoms with van der Waals surface area (Å²) in [5.41, 5.74) is 13.1. The van der Waals surface area contributed by atoms with Crippen LogP contribution in [0.3, 0.4) is 0 Å². The molecule has 2 aromatic carbocycles. The van der Waals surface area contributed by atoms with Gasteiger partial charge in [-0.15, -0.1) is 0 Å². The van der Waals surface area contributed by atoms with Gasteiger partial charge in [-0.3, -0.25) is 0 Å². The zero-order valence-electron chi connectivity index (χ0n) is 8.07. The van der Waals surface area contributed by atoms with Crippen molar-refractivity contribution in [2.45, 2.75) is 0 Å². The van der Waals surface area contributed by atoms with E-state index in [0.717, 1.165) is 18.4 Å². The largest absolute Gasteiger partial charge is 0.435 e. The molecule has 0 spiro atoms. The SMILES string of the molecule is Nc1cc2ccccc2c(N[B]O)c1N. The van der Waals surface area contributed by atoms with Gasteiger partial charge in [0, 0.05) is 5.39 Å². The van der Waals surface area contributed by atoms with Crippen molar-refractivity contribution in [2.24, 2.45) is 0 Å². The van der Waals surface area contributed by atoms with E-state index in [2.05, 4.69) is 5.23 Å². The van der Waals surface area contributed by atoms with Crippen molar-refractivity contribution in [2.75, 3.05) is 16.7 Å². The van der Waals surface area contributed by atoms with Crippen LogP contribution >= 0.6 is 0 Å². The monoisotopic (exact) mass is 200 g/mol. The predicted octanol–water partition coefficient (Wildman–Crippen LogP) is 0.943. The molecule has 0 saturated heterocycles. The topological polar surface area (TPSA) is 84.3 Å². The highest BCUT2D eigenvalue weighted by Crippen LogP contribution is 2.33. The van der Waals surface area contributed by atoms with E-state index in [9.17, 15) is 0 Å². The van der Waals surface area contributed by atoms with E-state index >= 15 is 0 Å². The number of fused-ring (bicyclic) bond motifs is 1.